The quantitative estimate of drug-likeness (QED) is 0.377. The molecule has 6 nitrogen and oxygen atoms in total. The summed E-state index contributed by atoms with van der Waals surface area (Å²) in [6.45, 7) is 1.09. The highest BCUT2D eigenvalue weighted by molar-refractivity contribution is 5.87. The zero-order valence-corrected chi connectivity index (χ0v) is 14.9. The molecule has 0 amide bonds. The smallest absolute Gasteiger partial charge is 0.330 e. The molecule has 0 heterocycles. The largest absolute Gasteiger partial charge is 1.00 e. The number of quaternary nitrogens is 1. The van der Waals surface area contributed by atoms with Crippen molar-refractivity contribution in [3.8, 4) is 17.2 Å². The van der Waals surface area contributed by atoms with Gasteiger partial charge < -0.3 is 36.2 Å². The van der Waals surface area contributed by atoms with Gasteiger partial charge in [-0.3, -0.25) is 0 Å². The van der Waals surface area contributed by atoms with Gasteiger partial charge in [0.25, 0.3) is 0 Å². The van der Waals surface area contributed by atoms with E-state index in [1.165, 1.54) is 20.3 Å². The van der Waals surface area contributed by atoms with Gasteiger partial charge in [-0.25, -0.2) is 4.79 Å². The predicted octanol–water partition coefficient (Wildman–Crippen LogP) is -1.32. The van der Waals surface area contributed by atoms with Crippen molar-refractivity contribution in [1.82, 2.24) is 0 Å². The first-order chi connectivity index (χ1) is 10.3. The number of hydrogen-bond acceptors (Lipinski definition) is 5. The average Bonchev–Trinajstić information content (AvgIpc) is 2.44. The summed E-state index contributed by atoms with van der Waals surface area (Å²) >= 11 is 0. The minimum absolute atomic E-state index is 0. The topological polar surface area (TPSA) is 65.0 Å². The number of hydrogen-bond donors (Lipinski definition) is 1. The number of methoxy groups -OCH3 is 2. The number of rotatable bonds is 7. The Hall–Kier alpha value is -1.92. The average molecular weight is 346 g/mol. The zero-order chi connectivity index (χ0) is 16.8. The van der Waals surface area contributed by atoms with E-state index in [-0.39, 0.29) is 29.7 Å². The molecule has 0 aliphatic carbocycles. The Bertz CT molecular complexity index is 527. The van der Waals surface area contributed by atoms with E-state index in [1.807, 2.05) is 21.1 Å². The molecule has 1 N–H and O–H groups in total. The number of phenols is 1. The van der Waals surface area contributed by atoms with Crippen LogP contribution in [-0.2, 0) is 9.53 Å². The molecule has 1 aromatic carbocycles. The van der Waals surface area contributed by atoms with Crippen LogP contribution in [0.4, 0.5) is 0 Å². The molecule has 0 aliphatic rings. The molecule has 0 fully saturated rings. The summed E-state index contributed by atoms with van der Waals surface area (Å²) in [7, 11) is 8.97. The lowest BCUT2D eigenvalue weighted by Crippen LogP contribution is -3.00. The van der Waals surface area contributed by atoms with Crippen molar-refractivity contribution < 1.29 is 41.0 Å². The first-order valence-electron chi connectivity index (χ1n) is 6.87. The van der Waals surface area contributed by atoms with Crippen LogP contribution in [0.2, 0.25) is 0 Å². The molecule has 7 heteroatoms. The molecule has 0 unspecified atom stereocenters. The highest BCUT2D eigenvalue weighted by Crippen LogP contribution is 2.37. The van der Waals surface area contributed by atoms with E-state index in [0.717, 1.165) is 11.0 Å². The Labute approximate surface area is 143 Å². The second kappa shape index (κ2) is 9.27. The third-order valence-electron chi connectivity index (χ3n) is 2.92. The summed E-state index contributed by atoms with van der Waals surface area (Å²) in [5.41, 5.74) is 0.662. The van der Waals surface area contributed by atoms with Gasteiger partial charge in [0.1, 0.15) is 13.2 Å². The highest BCUT2D eigenvalue weighted by atomic mass is 35.5. The summed E-state index contributed by atoms with van der Waals surface area (Å²) < 4.78 is 16.0. The molecule has 0 aliphatic heterocycles. The number of halogens is 1. The summed E-state index contributed by atoms with van der Waals surface area (Å²) in [6, 6.07) is 3.21. The number of phenolic OH excluding ortho intramolecular Hbond substituents is 1. The normalized spacial score (nSPS) is 11.0. The number of benzene rings is 1. The molecule has 130 valence electrons. The van der Waals surface area contributed by atoms with Crippen molar-refractivity contribution in [2.75, 3.05) is 48.5 Å². The van der Waals surface area contributed by atoms with Crippen LogP contribution in [0.15, 0.2) is 18.2 Å². The Morgan fingerprint density at radius 1 is 1.17 bits per heavy atom. The van der Waals surface area contributed by atoms with E-state index in [4.69, 9.17) is 14.2 Å². The van der Waals surface area contributed by atoms with Crippen molar-refractivity contribution in [1.29, 1.82) is 0 Å². The van der Waals surface area contributed by atoms with Crippen LogP contribution in [-0.4, -0.2) is 64.1 Å². The number of carbonyl (C=O) groups is 1. The first kappa shape index (κ1) is 21.1. The Morgan fingerprint density at radius 2 is 1.70 bits per heavy atom. The van der Waals surface area contributed by atoms with Gasteiger partial charge >= 0.3 is 5.97 Å². The number of aromatic hydroxyl groups is 1. The van der Waals surface area contributed by atoms with Gasteiger partial charge in [-0.2, -0.15) is 0 Å². The summed E-state index contributed by atoms with van der Waals surface area (Å²) in [6.07, 6.45) is 2.92. The van der Waals surface area contributed by atoms with E-state index < -0.39 is 5.97 Å². The van der Waals surface area contributed by atoms with Crippen LogP contribution in [0.25, 0.3) is 6.08 Å². The number of carbonyl (C=O) groups excluding carboxylic acids is 1. The predicted molar refractivity (Wildman–Crippen MR) is 84.1 cm³/mol. The van der Waals surface area contributed by atoms with Gasteiger partial charge in [0, 0.05) is 6.08 Å². The lowest BCUT2D eigenvalue weighted by molar-refractivity contribution is -0.870. The molecule has 0 spiro atoms. The second-order valence-corrected chi connectivity index (χ2v) is 5.79. The Morgan fingerprint density at radius 3 is 2.13 bits per heavy atom. The van der Waals surface area contributed by atoms with Crippen LogP contribution in [0, 0.1) is 0 Å². The minimum atomic E-state index is -0.417. The summed E-state index contributed by atoms with van der Waals surface area (Å²) in [4.78, 5) is 11.7. The Kier molecular flexibility index (Phi) is 8.50. The molecule has 0 aromatic heterocycles. The maximum absolute atomic E-state index is 11.7. The van der Waals surface area contributed by atoms with Gasteiger partial charge in [0.15, 0.2) is 11.5 Å². The highest BCUT2D eigenvalue weighted by Gasteiger charge is 2.11. The summed E-state index contributed by atoms with van der Waals surface area (Å²) in [5.74, 6) is 0.0573. The fraction of sp³-hybridized carbons (Fsp3) is 0.438. The van der Waals surface area contributed by atoms with Crippen molar-refractivity contribution in [2.24, 2.45) is 0 Å². The zero-order valence-electron chi connectivity index (χ0n) is 14.1. The van der Waals surface area contributed by atoms with Crippen LogP contribution >= 0.6 is 0 Å². The summed E-state index contributed by atoms with van der Waals surface area (Å²) in [5, 5.41) is 9.82. The first-order valence-corrected chi connectivity index (χ1v) is 6.87. The van der Waals surface area contributed by atoms with Crippen LogP contribution in [0.1, 0.15) is 5.56 Å². The SMILES string of the molecule is COc1cc(C=CC(=O)OCC[N+](C)(C)C)cc(OC)c1O.[Cl-]. The monoisotopic (exact) mass is 345 g/mol. The molecular formula is C16H24ClNO5. The van der Waals surface area contributed by atoms with Gasteiger partial charge in [0.05, 0.1) is 35.4 Å². The molecule has 0 saturated carbocycles. The van der Waals surface area contributed by atoms with Crippen molar-refractivity contribution in [3.05, 3.63) is 23.8 Å². The molecule has 1 rings (SSSR count). The van der Waals surface area contributed by atoms with Crippen LogP contribution in [0.5, 0.6) is 17.2 Å². The molecule has 0 atom stereocenters. The molecular weight excluding hydrogens is 322 g/mol. The molecule has 0 saturated heterocycles. The van der Waals surface area contributed by atoms with E-state index in [0.29, 0.717) is 12.2 Å². The number of ether oxygens (including phenoxy) is 3. The van der Waals surface area contributed by atoms with E-state index in [2.05, 4.69) is 0 Å². The van der Waals surface area contributed by atoms with E-state index in [1.54, 1.807) is 18.2 Å². The van der Waals surface area contributed by atoms with Gasteiger partial charge in [-0.1, -0.05) is 0 Å². The maximum Gasteiger partial charge on any atom is 0.330 e. The molecule has 0 bridgehead atoms. The lowest BCUT2D eigenvalue weighted by Gasteiger charge is -2.23. The number of nitrogens with zero attached hydrogens (tertiary/aromatic N) is 1. The van der Waals surface area contributed by atoms with E-state index in [9.17, 15) is 9.90 Å². The fourth-order valence-electron chi connectivity index (χ4n) is 1.64. The lowest BCUT2D eigenvalue weighted by atomic mass is 10.1. The van der Waals surface area contributed by atoms with Crippen molar-refractivity contribution in [2.45, 2.75) is 0 Å². The standard InChI is InChI=1S/C16H23NO5.ClH/c1-17(2,3)8-9-22-15(18)7-6-12-10-13(20-4)16(19)14(11-12)21-5;/h6-7,10-11H,8-9H2,1-5H3;1H. The van der Waals surface area contributed by atoms with Crippen molar-refractivity contribution >= 4 is 12.0 Å². The van der Waals surface area contributed by atoms with Gasteiger partial charge in [-0.05, 0) is 23.8 Å². The van der Waals surface area contributed by atoms with Gasteiger partial charge in [0.2, 0.25) is 5.75 Å². The minimum Gasteiger partial charge on any atom is -1.00 e. The van der Waals surface area contributed by atoms with Crippen LogP contribution < -0.4 is 21.9 Å². The fourth-order valence-corrected chi connectivity index (χ4v) is 1.64. The molecule has 23 heavy (non-hydrogen) atoms. The molecule has 0 radical (unpaired) electrons. The van der Waals surface area contributed by atoms with E-state index >= 15 is 0 Å². The third-order valence-corrected chi connectivity index (χ3v) is 2.92. The third kappa shape index (κ3) is 7.25. The maximum atomic E-state index is 11.7. The molecule has 1 aromatic rings. The number of esters is 1. The van der Waals surface area contributed by atoms with Gasteiger partial charge in [-0.15, -0.1) is 0 Å². The van der Waals surface area contributed by atoms with Crippen molar-refractivity contribution in [3.63, 3.8) is 0 Å². The second-order valence-electron chi connectivity index (χ2n) is 5.79. The Balaban J connectivity index is 0.00000484. The van der Waals surface area contributed by atoms with Crippen LogP contribution in [0.3, 0.4) is 0 Å². The number of likely N-dealkylation sites (N-methyl/N-ethyl adjacent to an activating group) is 1.